The van der Waals surface area contributed by atoms with Gasteiger partial charge in [0.1, 0.15) is 23.8 Å². The lowest BCUT2D eigenvalue weighted by Crippen LogP contribution is -2.33. The summed E-state index contributed by atoms with van der Waals surface area (Å²) in [7, 11) is 0. The Kier molecular flexibility index (Phi) is 5.57. The summed E-state index contributed by atoms with van der Waals surface area (Å²) in [6.07, 6.45) is -2.34. The summed E-state index contributed by atoms with van der Waals surface area (Å²) in [5.74, 6) is 0.600. The molecule has 3 heterocycles. The molecule has 4 atom stereocenters. The van der Waals surface area contributed by atoms with Crippen LogP contribution in [0.2, 0.25) is 0 Å². The second-order valence-electron chi connectivity index (χ2n) is 6.70. The number of aromatic nitrogens is 4. The fraction of sp³-hybridized carbons (Fsp3) is 0.389. The predicted octanol–water partition coefficient (Wildman–Crippen LogP) is 0.918. The van der Waals surface area contributed by atoms with Crippen LogP contribution in [-0.4, -0.2) is 61.3 Å². The van der Waals surface area contributed by atoms with E-state index in [1.165, 1.54) is 6.33 Å². The van der Waals surface area contributed by atoms with E-state index in [0.717, 1.165) is 9.13 Å². The predicted molar refractivity (Wildman–Crippen MR) is 115 cm³/mol. The zero-order valence-corrected chi connectivity index (χ0v) is 17.7. The van der Waals surface area contributed by atoms with Crippen LogP contribution in [0.1, 0.15) is 13.2 Å². The highest BCUT2D eigenvalue weighted by Crippen LogP contribution is 2.33. The molecule has 0 radical (unpaired) electrons. The van der Waals surface area contributed by atoms with E-state index in [9.17, 15) is 10.2 Å². The summed E-state index contributed by atoms with van der Waals surface area (Å²) in [5, 5.41) is 20.8. The van der Waals surface area contributed by atoms with Gasteiger partial charge in [0.05, 0.1) is 12.9 Å². The van der Waals surface area contributed by atoms with Gasteiger partial charge < -0.3 is 31.2 Å². The van der Waals surface area contributed by atoms with E-state index in [-0.39, 0.29) is 12.4 Å². The molecular weight excluding hydrogens is 491 g/mol. The summed E-state index contributed by atoms with van der Waals surface area (Å²) in [6.45, 7) is 2.50. The van der Waals surface area contributed by atoms with Crippen LogP contribution in [-0.2, 0) is 9.47 Å². The fourth-order valence-corrected chi connectivity index (χ4v) is 3.77. The minimum absolute atomic E-state index is 0.171. The van der Waals surface area contributed by atoms with E-state index in [4.69, 9.17) is 20.9 Å². The van der Waals surface area contributed by atoms with Gasteiger partial charge in [0, 0.05) is 21.4 Å². The molecule has 0 spiro atoms. The maximum atomic E-state index is 10.5. The number of aliphatic hydroxyl groups excluding tert-OH is 2. The molecular formula is C18H21IN6O4. The standard InChI is InChI=1S/C18H21IN6O4/c1-2-28-6-11-13(26)14(27)18(29-11)25-7-22-12-15(21)23-16(24-17(12)25)8-3-4-10(20)9(19)5-8/h3-5,7,11,13-14,18,26-27H,2,6,20H2,1H3,(H2,21,23,24)/t11-,13-,14-,18-/m1/s1. The number of benzene rings is 1. The zero-order valence-electron chi connectivity index (χ0n) is 15.6. The van der Waals surface area contributed by atoms with E-state index in [2.05, 4.69) is 37.5 Å². The Morgan fingerprint density at radius 2 is 2.03 bits per heavy atom. The lowest BCUT2D eigenvalue weighted by Gasteiger charge is -2.17. The number of imidazole rings is 1. The Morgan fingerprint density at radius 1 is 1.24 bits per heavy atom. The van der Waals surface area contributed by atoms with Crippen molar-refractivity contribution < 1.29 is 19.7 Å². The summed E-state index contributed by atoms with van der Waals surface area (Å²) >= 11 is 2.14. The first-order valence-electron chi connectivity index (χ1n) is 9.05. The molecule has 29 heavy (non-hydrogen) atoms. The quantitative estimate of drug-likeness (QED) is 0.289. The van der Waals surface area contributed by atoms with Gasteiger partial charge in [0.25, 0.3) is 0 Å². The van der Waals surface area contributed by atoms with Crippen molar-refractivity contribution in [3.63, 3.8) is 0 Å². The molecule has 0 amide bonds. The molecule has 2 aromatic heterocycles. The van der Waals surface area contributed by atoms with Crippen LogP contribution in [0.5, 0.6) is 0 Å². The Bertz CT molecular complexity index is 1040. The number of anilines is 2. The molecule has 0 unspecified atom stereocenters. The highest BCUT2D eigenvalue weighted by atomic mass is 127. The number of nitrogens with two attached hydrogens (primary N) is 2. The van der Waals surface area contributed by atoms with Crippen LogP contribution in [0.25, 0.3) is 22.6 Å². The molecule has 1 aliphatic rings. The number of hydrogen-bond donors (Lipinski definition) is 4. The number of hydrogen-bond acceptors (Lipinski definition) is 9. The van der Waals surface area contributed by atoms with Gasteiger partial charge in [-0.25, -0.2) is 15.0 Å². The maximum absolute atomic E-state index is 10.5. The number of rotatable bonds is 5. The Labute approximate surface area is 180 Å². The van der Waals surface area contributed by atoms with Crippen molar-refractivity contribution in [1.29, 1.82) is 0 Å². The van der Waals surface area contributed by atoms with Crippen molar-refractivity contribution in [3.05, 3.63) is 28.1 Å². The first-order valence-corrected chi connectivity index (χ1v) is 10.1. The third kappa shape index (κ3) is 3.64. The topological polar surface area (TPSA) is 155 Å². The number of ether oxygens (including phenoxy) is 2. The summed E-state index contributed by atoms with van der Waals surface area (Å²) in [4.78, 5) is 13.2. The van der Waals surface area contributed by atoms with Crippen LogP contribution in [0.3, 0.4) is 0 Å². The zero-order chi connectivity index (χ0) is 20.7. The molecule has 4 rings (SSSR count). The molecule has 154 valence electrons. The third-order valence-corrected chi connectivity index (χ3v) is 5.74. The van der Waals surface area contributed by atoms with Crippen LogP contribution in [0, 0.1) is 3.57 Å². The van der Waals surface area contributed by atoms with Crippen molar-refractivity contribution in [1.82, 2.24) is 19.5 Å². The molecule has 1 aliphatic heterocycles. The van der Waals surface area contributed by atoms with Gasteiger partial charge in [-0.2, -0.15) is 0 Å². The molecule has 1 aromatic carbocycles. The van der Waals surface area contributed by atoms with Gasteiger partial charge in [0.2, 0.25) is 0 Å². The molecule has 0 aliphatic carbocycles. The molecule has 0 bridgehead atoms. The van der Waals surface area contributed by atoms with Crippen LogP contribution in [0.4, 0.5) is 11.5 Å². The fourth-order valence-electron chi connectivity index (χ4n) is 3.25. The minimum atomic E-state index is -1.17. The van der Waals surface area contributed by atoms with Gasteiger partial charge >= 0.3 is 0 Å². The van der Waals surface area contributed by atoms with E-state index in [1.54, 1.807) is 10.6 Å². The van der Waals surface area contributed by atoms with Crippen LogP contribution >= 0.6 is 22.6 Å². The van der Waals surface area contributed by atoms with Crippen LogP contribution < -0.4 is 11.5 Å². The van der Waals surface area contributed by atoms with Gasteiger partial charge in [0.15, 0.2) is 23.5 Å². The highest BCUT2D eigenvalue weighted by molar-refractivity contribution is 14.1. The van der Waals surface area contributed by atoms with Crippen molar-refractivity contribution in [3.8, 4) is 11.4 Å². The lowest BCUT2D eigenvalue weighted by molar-refractivity contribution is -0.0638. The summed E-state index contributed by atoms with van der Waals surface area (Å²) < 4.78 is 13.6. The SMILES string of the molecule is CCOC[C@H]1O[C@@H](n2cnc3c(N)nc(-c4ccc(N)c(I)c4)nc32)[C@H](O)[C@@H]1O. The third-order valence-electron chi connectivity index (χ3n) is 4.80. The van der Waals surface area contributed by atoms with E-state index in [0.29, 0.717) is 29.3 Å². The lowest BCUT2D eigenvalue weighted by atomic mass is 10.1. The molecule has 1 saturated heterocycles. The van der Waals surface area contributed by atoms with E-state index < -0.39 is 24.5 Å². The average molecular weight is 512 g/mol. The first kappa shape index (κ1) is 20.2. The summed E-state index contributed by atoms with van der Waals surface area (Å²) in [6, 6.07) is 5.44. The number of nitrogen functional groups attached to an aromatic ring is 2. The van der Waals surface area contributed by atoms with E-state index >= 15 is 0 Å². The Hall–Kier alpha value is -2.06. The normalized spacial score (nSPS) is 24.4. The second-order valence-corrected chi connectivity index (χ2v) is 7.86. The molecule has 6 N–H and O–H groups in total. The van der Waals surface area contributed by atoms with Gasteiger partial charge in [-0.15, -0.1) is 0 Å². The minimum Gasteiger partial charge on any atom is -0.398 e. The number of fused-ring (bicyclic) bond motifs is 1. The molecule has 3 aromatic rings. The number of aliphatic hydroxyl groups is 2. The largest absolute Gasteiger partial charge is 0.398 e. The van der Waals surface area contributed by atoms with Gasteiger partial charge in [-0.05, 0) is 47.7 Å². The molecule has 10 nitrogen and oxygen atoms in total. The monoisotopic (exact) mass is 512 g/mol. The van der Waals surface area contributed by atoms with Crippen molar-refractivity contribution >= 4 is 45.3 Å². The average Bonchev–Trinajstić information content (AvgIpc) is 3.24. The van der Waals surface area contributed by atoms with Gasteiger partial charge in [-0.3, -0.25) is 4.57 Å². The Balaban J connectivity index is 1.74. The summed E-state index contributed by atoms with van der Waals surface area (Å²) in [5.41, 5.74) is 14.2. The number of halogens is 1. The van der Waals surface area contributed by atoms with Crippen molar-refractivity contribution in [2.24, 2.45) is 0 Å². The maximum Gasteiger partial charge on any atom is 0.168 e. The first-order chi connectivity index (χ1) is 13.9. The second kappa shape index (κ2) is 7.99. The Morgan fingerprint density at radius 3 is 2.76 bits per heavy atom. The molecule has 0 saturated carbocycles. The van der Waals surface area contributed by atoms with Crippen molar-refractivity contribution in [2.75, 3.05) is 24.7 Å². The van der Waals surface area contributed by atoms with Crippen molar-refractivity contribution in [2.45, 2.75) is 31.5 Å². The van der Waals surface area contributed by atoms with Crippen LogP contribution in [0.15, 0.2) is 24.5 Å². The number of nitrogens with zero attached hydrogens (tertiary/aromatic N) is 4. The van der Waals surface area contributed by atoms with Gasteiger partial charge in [-0.1, -0.05) is 0 Å². The highest BCUT2D eigenvalue weighted by Gasteiger charge is 2.44. The van der Waals surface area contributed by atoms with E-state index in [1.807, 2.05) is 19.1 Å². The molecule has 11 heteroatoms. The molecule has 1 fully saturated rings. The smallest absolute Gasteiger partial charge is 0.168 e.